The minimum atomic E-state index is -0.321. The molecule has 0 aliphatic heterocycles. The molecule has 11 heavy (non-hydrogen) atoms. The predicted octanol–water partition coefficient (Wildman–Crippen LogP) is 1.66. The van der Waals surface area contributed by atoms with E-state index in [0.717, 1.165) is 5.56 Å². The zero-order valence-electron chi connectivity index (χ0n) is 6.29. The predicted molar refractivity (Wildman–Crippen MR) is 44.6 cm³/mol. The summed E-state index contributed by atoms with van der Waals surface area (Å²) in [5.41, 5.74) is 1.00. The lowest BCUT2D eigenvalue weighted by Gasteiger charge is -2.02. The van der Waals surface area contributed by atoms with Crippen molar-refractivity contribution in [2.24, 2.45) is 0 Å². The zero-order valence-corrected chi connectivity index (χ0v) is 7.04. The lowest BCUT2D eigenvalue weighted by Crippen LogP contribution is -2.03. The molecule has 3 heteroatoms. The highest BCUT2D eigenvalue weighted by Gasteiger charge is 1.98. The molecule has 60 valence electrons. The Morgan fingerprint density at radius 1 is 1.64 bits per heavy atom. The third-order valence-corrected chi connectivity index (χ3v) is 1.54. The van der Waals surface area contributed by atoms with E-state index < -0.39 is 0 Å². The van der Waals surface area contributed by atoms with Crippen LogP contribution in [0.15, 0.2) is 18.3 Å². The fourth-order valence-electron chi connectivity index (χ4n) is 0.868. The summed E-state index contributed by atoms with van der Waals surface area (Å²) in [6, 6.07) is 3.58. The van der Waals surface area contributed by atoms with Crippen LogP contribution in [0.2, 0.25) is 5.15 Å². The van der Waals surface area contributed by atoms with Crippen molar-refractivity contribution in [2.75, 3.05) is 0 Å². The lowest BCUT2D eigenvalue weighted by molar-refractivity contribution is 0.195. The zero-order chi connectivity index (χ0) is 8.27. The Labute approximate surface area is 70.8 Å². The molecule has 0 saturated carbocycles. The molecule has 0 saturated heterocycles. The summed E-state index contributed by atoms with van der Waals surface area (Å²) in [7, 11) is 0. The molecule has 1 aromatic rings. The SMILES string of the molecule is CC(O)Cc1ccc(Cl)nc1. The van der Waals surface area contributed by atoms with Crippen molar-refractivity contribution in [1.82, 2.24) is 4.98 Å². The first-order valence-corrected chi connectivity index (χ1v) is 3.85. The summed E-state index contributed by atoms with van der Waals surface area (Å²) in [5.74, 6) is 0. The number of nitrogens with zero attached hydrogens (tertiary/aromatic N) is 1. The second-order valence-corrected chi connectivity index (χ2v) is 2.93. The van der Waals surface area contributed by atoms with E-state index >= 15 is 0 Å². The maximum atomic E-state index is 9.01. The monoisotopic (exact) mass is 171 g/mol. The van der Waals surface area contributed by atoms with Crippen molar-refractivity contribution >= 4 is 11.6 Å². The van der Waals surface area contributed by atoms with Gasteiger partial charge in [0.2, 0.25) is 0 Å². The molecule has 2 nitrogen and oxygen atoms in total. The van der Waals surface area contributed by atoms with Gasteiger partial charge in [-0.1, -0.05) is 17.7 Å². The van der Waals surface area contributed by atoms with Crippen LogP contribution in [-0.2, 0) is 6.42 Å². The standard InChI is InChI=1S/C8H10ClNO/c1-6(11)4-7-2-3-8(9)10-5-7/h2-3,5-6,11H,4H2,1H3. The van der Waals surface area contributed by atoms with Gasteiger partial charge in [-0.2, -0.15) is 0 Å². The average Bonchev–Trinajstić information content (AvgIpc) is 1.93. The van der Waals surface area contributed by atoms with Crippen molar-refractivity contribution in [1.29, 1.82) is 0 Å². The third-order valence-electron chi connectivity index (χ3n) is 1.32. The van der Waals surface area contributed by atoms with E-state index in [1.807, 2.05) is 6.07 Å². The summed E-state index contributed by atoms with van der Waals surface area (Å²) >= 11 is 5.57. The smallest absolute Gasteiger partial charge is 0.129 e. The maximum Gasteiger partial charge on any atom is 0.129 e. The molecule has 0 aromatic carbocycles. The highest BCUT2D eigenvalue weighted by atomic mass is 35.5. The van der Waals surface area contributed by atoms with Gasteiger partial charge in [0, 0.05) is 6.20 Å². The number of rotatable bonds is 2. The van der Waals surface area contributed by atoms with Gasteiger partial charge in [-0.15, -0.1) is 0 Å². The molecule has 1 unspecified atom stereocenters. The second-order valence-electron chi connectivity index (χ2n) is 2.54. The molecule has 1 N–H and O–H groups in total. The van der Waals surface area contributed by atoms with Crippen LogP contribution in [0.5, 0.6) is 0 Å². The topological polar surface area (TPSA) is 33.1 Å². The molecule has 0 spiro atoms. The van der Waals surface area contributed by atoms with E-state index in [4.69, 9.17) is 16.7 Å². The van der Waals surface area contributed by atoms with E-state index in [9.17, 15) is 0 Å². The number of halogens is 1. The first kappa shape index (κ1) is 8.50. The first-order chi connectivity index (χ1) is 5.18. The van der Waals surface area contributed by atoms with Gasteiger partial charge >= 0.3 is 0 Å². The lowest BCUT2D eigenvalue weighted by atomic mass is 10.1. The van der Waals surface area contributed by atoms with Crippen molar-refractivity contribution < 1.29 is 5.11 Å². The molecule has 0 fully saturated rings. The molecule has 1 rings (SSSR count). The second kappa shape index (κ2) is 3.69. The van der Waals surface area contributed by atoms with Gasteiger partial charge in [0.25, 0.3) is 0 Å². The van der Waals surface area contributed by atoms with Gasteiger partial charge in [0.1, 0.15) is 5.15 Å². The van der Waals surface area contributed by atoms with Crippen LogP contribution >= 0.6 is 11.6 Å². The molecule has 0 amide bonds. The summed E-state index contributed by atoms with van der Waals surface area (Å²) in [6.07, 6.45) is 1.98. The normalized spacial score (nSPS) is 13.0. The van der Waals surface area contributed by atoms with E-state index in [-0.39, 0.29) is 6.10 Å². The summed E-state index contributed by atoms with van der Waals surface area (Å²) < 4.78 is 0. The van der Waals surface area contributed by atoms with Gasteiger partial charge in [0.15, 0.2) is 0 Å². The van der Waals surface area contributed by atoms with Crippen LogP contribution in [0.1, 0.15) is 12.5 Å². The number of hydrogen-bond donors (Lipinski definition) is 1. The molecular weight excluding hydrogens is 162 g/mol. The number of hydrogen-bond acceptors (Lipinski definition) is 2. The van der Waals surface area contributed by atoms with Crippen LogP contribution < -0.4 is 0 Å². The average molecular weight is 172 g/mol. The molecule has 0 aliphatic carbocycles. The molecular formula is C8H10ClNO. The summed E-state index contributed by atoms with van der Waals surface area (Å²) in [4.78, 5) is 3.89. The molecule has 1 atom stereocenters. The molecule has 0 radical (unpaired) electrons. The van der Waals surface area contributed by atoms with E-state index in [0.29, 0.717) is 11.6 Å². The van der Waals surface area contributed by atoms with Crippen LogP contribution in [0.25, 0.3) is 0 Å². The Hall–Kier alpha value is -0.600. The minimum Gasteiger partial charge on any atom is -0.393 e. The quantitative estimate of drug-likeness (QED) is 0.687. The Morgan fingerprint density at radius 3 is 2.82 bits per heavy atom. The summed E-state index contributed by atoms with van der Waals surface area (Å²) in [6.45, 7) is 1.74. The molecule has 0 bridgehead atoms. The minimum absolute atomic E-state index is 0.321. The van der Waals surface area contributed by atoms with Gasteiger partial charge in [-0.25, -0.2) is 4.98 Å². The van der Waals surface area contributed by atoms with Crippen LogP contribution in [0, 0.1) is 0 Å². The first-order valence-electron chi connectivity index (χ1n) is 3.47. The van der Waals surface area contributed by atoms with Crippen LogP contribution in [0.4, 0.5) is 0 Å². The van der Waals surface area contributed by atoms with Crippen LogP contribution in [0.3, 0.4) is 0 Å². The fourth-order valence-corrected chi connectivity index (χ4v) is 0.980. The van der Waals surface area contributed by atoms with E-state index in [1.54, 1.807) is 19.2 Å². The van der Waals surface area contributed by atoms with Gasteiger partial charge in [-0.3, -0.25) is 0 Å². The van der Waals surface area contributed by atoms with E-state index in [2.05, 4.69) is 4.98 Å². The maximum absolute atomic E-state index is 9.01. The molecule has 1 aromatic heterocycles. The van der Waals surface area contributed by atoms with Crippen molar-refractivity contribution in [2.45, 2.75) is 19.4 Å². The number of aromatic nitrogens is 1. The summed E-state index contributed by atoms with van der Waals surface area (Å²) in [5, 5.41) is 9.50. The van der Waals surface area contributed by atoms with Crippen molar-refractivity contribution in [3.63, 3.8) is 0 Å². The van der Waals surface area contributed by atoms with E-state index in [1.165, 1.54) is 0 Å². The number of aliphatic hydroxyl groups is 1. The largest absolute Gasteiger partial charge is 0.393 e. The molecule has 1 heterocycles. The van der Waals surface area contributed by atoms with Crippen molar-refractivity contribution in [3.8, 4) is 0 Å². The highest BCUT2D eigenvalue weighted by Crippen LogP contribution is 2.06. The highest BCUT2D eigenvalue weighted by molar-refractivity contribution is 6.29. The number of pyridine rings is 1. The fraction of sp³-hybridized carbons (Fsp3) is 0.375. The third kappa shape index (κ3) is 2.87. The van der Waals surface area contributed by atoms with Crippen LogP contribution in [-0.4, -0.2) is 16.2 Å². The molecule has 0 aliphatic rings. The Bertz CT molecular complexity index is 220. The Kier molecular flexibility index (Phi) is 2.85. The van der Waals surface area contributed by atoms with Gasteiger partial charge in [-0.05, 0) is 25.0 Å². The van der Waals surface area contributed by atoms with Crippen molar-refractivity contribution in [3.05, 3.63) is 29.0 Å². The van der Waals surface area contributed by atoms with Gasteiger partial charge < -0.3 is 5.11 Å². The Balaban J connectivity index is 2.66. The Morgan fingerprint density at radius 2 is 2.36 bits per heavy atom. The van der Waals surface area contributed by atoms with Gasteiger partial charge in [0.05, 0.1) is 6.10 Å². The number of aliphatic hydroxyl groups excluding tert-OH is 1.